The Morgan fingerprint density at radius 1 is 1.31 bits per heavy atom. The number of nitrogens with zero attached hydrogens (tertiary/aromatic N) is 3. The molecule has 2 aromatic heterocycles. The normalized spacial score (nSPS) is 12.1. The third kappa shape index (κ3) is 4.36. The molecule has 0 bridgehead atoms. The molecule has 0 amide bonds. The Morgan fingerprint density at radius 2 is 2.07 bits per heavy atom. The van der Waals surface area contributed by atoms with E-state index in [0.29, 0.717) is 17.1 Å². The van der Waals surface area contributed by atoms with Gasteiger partial charge in [0.1, 0.15) is 5.75 Å². The third-order valence-corrected chi connectivity index (χ3v) is 7.57. The second-order valence-electron chi connectivity index (χ2n) is 6.93. The Labute approximate surface area is 175 Å². The van der Waals surface area contributed by atoms with Gasteiger partial charge in [0.05, 0.1) is 23.4 Å². The summed E-state index contributed by atoms with van der Waals surface area (Å²) in [6, 6.07) is 7.28. The number of hydrogen-bond acceptors (Lipinski definition) is 7. The van der Waals surface area contributed by atoms with Crippen LogP contribution in [-0.4, -0.2) is 36.5 Å². The van der Waals surface area contributed by atoms with Gasteiger partial charge in [-0.05, 0) is 47.5 Å². The summed E-state index contributed by atoms with van der Waals surface area (Å²) in [7, 11) is -2.16. The lowest BCUT2D eigenvalue weighted by Gasteiger charge is -2.22. The van der Waals surface area contributed by atoms with Gasteiger partial charge in [0, 0.05) is 6.54 Å². The van der Waals surface area contributed by atoms with Crippen molar-refractivity contribution >= 4 is 21.4 Å². The molecule has 0 aliphatic heterocycles. The van der Waals surface area contributed by atoms with Crippen molar-refractivity contribution in [2.75, 3.05) is 13.7 Å². The van der Waals surface area contributed by atoms with E-state index < -0.39 is 10.0 Å². The number of sulfonamides is 1. The van der Waals surface area contributed by atoms with Crippen LogP contribution in [0.5, 0.6) is 5.75 Å². The Bertz CT molecular complexity index is 1070. The van der Waals surface area contributed by atoms with Crippen molar-refractivity contribution in [1.82, 2.24) is 14.4 Å². The van der Waals surface area contributed by atoms with Crippen LogP contribution in [0.25, 0.3) is 10.7 Å². The molecule has 0 radical (unpaired) electrons. The summed E-state index contributed by atoms with van der Waals surface area (Å²) < 4.78 is 38.9. The molecule has 29 heavy (non-hydrogen) atoms. The van der Waals surface area contributed by atoms with E-state index in [4.69, 9.17) is 9.26 Å². The van der Waals surface area contributed by atoms with E-state index in [2.05, 4.69) is 10.1 Å². The number of rotatable bonds is 8. The van der Waals surface area contributed by atoms with Crippen molar-refractivity contribution in [2.24, 2.45) is 0 Å². The van der Waals surface area contributed by atoms with Crippen molar-refractivity contribution in [3.8, 4) is 16.5 Å². The quantitative estimate of drug-likeness (QED) is 0.520. The van der Waals surface area contributed by atoms with Gasteiger partial charge in [0.15, 0.2) is 0 Å². The smallest absolute Gasteiger partial charge is 0.243 e. The molecule has 0 aliphatic carbocycles. The van der Waals surface area contributed by atoms with Gasteiger partial charge in [-0.2, -0.15) is 9.29 Å². The Hall–Kier alpha value is -2.23. The van der Waals surface area contributed by atoms with E-state index in [9.17, 15) is 8.42 Å². The van der Waals surface area contributed by atoms with Gasteiger partial charge in [0.2, 0.25) is 21.7 Å². The van der Waals surface area contributed by atoms with E-state index in [0.717, 1.165) is 10.4 Å². The first-order valence-corrected chi connectivity index (χ1v) is 11.6. The monoisotopic (exact) mass is 435 g/mol. The van der Waals surface area contributed by atoms with Crippen LogP contribution in [-0.2, 0) is 16.6 Å². The minimum atomic E-state index is -3.75. The van der Waals surface area contributed by atoms with E-state index in [1.807, 2.05) is 31.4 Å². The zero-order chi connectivity index (χ0) is 21.2. The molecular formula is C20H25N3O4S2. The number of aromatic nitrogens is 2. The van der Waals surface area contributed by atoms with E-state index in [1.165, 1.54) is 15.6 Å². The lowest BCUT2D eigenvalue weighted by molar-refractivity contribution is 0.321. The molecule has 1 aromatic carbocycles. The van der Waals surface area contributed by atoms with Crippen molar-refractivity contribution < 1.29 is 17.7 Å². The number of benzene rings is 1. The average Bonchev–Trinajstić information content (AvgIpc) is 3.36. The third-order valence-electron chi connectivity index (χ3n) is 4.64. The molecule has 0 atom stereocenters. The molecule has 2 heterocycles. The first-order chi connectivity index (χ1) is 13.8. The SMILES string of the molecule is CCN(Cc1nc(-c2cccs2)no1)S(=O)(=O)c1cc(C(C)C)c(OC)cc1C. The molecule has 0 spiro atoms. The first-order valence-electron chi connectivity index (χ1n) is 9.33. The molecule has 0 saturated heterocycles. The Balaban J connectivity index is 1.94. The highest BCUT2D eigenvalue weighted by Gasteiger charge is 2.28. The lowest BCUT2D eigenvalue weighted by atomic mass is 10.0. The fourth-order valence-electron chi connectivity index (χ4n) is 3.06. The van der Waals surface area contributed by atoms with E-state index in [-0.39, 0.29) is 29.8 Å². The van der Waals surface area contributed by atoms with E-state index in [1.54, 1.807) is 33.1 Å². The van der Waals surface area contributed by atoms with Crippen LogP contribution in [0.15, 0.2) is 39.1 Å². The van der Waals surface area contributed by atoms with Crippen LogP contribution in [0.1, 0.15) is 43.7 Å². The summed E-state index contributed by atoms with van der Waals surface area (Å²) in [4.78, 5) is 5.49. The topological polar surface area (TPSA) is 85.5 Å². The lowest BCUT2D eigenvalue weighted by Crippen LogP contribution is -2.31. The summed E-state index contributed by atoms with van der Waals surface area (Å²) >= 11 is 1.50. The van der Waals surface area contributed by atoms with Gasteiger partial charge in [-0.15, -0.1) is 11.3 Å². The molecule has 156 valence electrons. The number of ether oxygens (including phenoxy) is 1. The van der Waals surface area contributed by atoms with Crippen molar-refractivity contribution in [2.45, 2.75) is 45.1 Å². The summed E-state index contributed by atoms with van der Waals surface area (Å²) in [5, 5.41) is 5.89. The molecule has 0 saturated carbocycles. The van der Waals surface area contributed by atoms with Gasteiger partial charge in [-0.1, -0.05) is 32.0 Å². The minimum Gasteiger partial charge on any atom is -0.496 e. The van der Waals surface area contributed by atoms with E-state index >= 15 is 0 Å². The molecule has 3 aromatic rings. The van der Waals surface area contributed by atoms with Crippen LogP contribution in [0.2, 0.25) is 0 Å². The Morgan fingerprint density at radius 3 is 2.66 bits per heavy atom. The summed E-state index contributed by atoms with van der Waals surface area (Å²) in [6.45, 7) is 7.86. The molecule has 3 rings (SSSR count). The maximum atomic E-state index is 13.4. The van der Waals surface area contributed by atoms with Crippen molar-refractivity contribution in [3.05, 3.63) is 46.7 Å². The molecular weight excluding hydrogens is 410 g/mol. The number of methoxy groups -OCH3 is 1. The number of thiophene rings is 1. The highest BCUT2D eigenvalue weighted by molar-refractivity contribution is 7.89. The van der Waals surface area contributed by atoms with Crippen LogP contribution in [0.4, 0.5) is 0 Å². The highest BCUT2D eigenvalue weighted by Crippen LogP contribution is 2.33. The maximum absolute atomic E-state index is 13.4. The number of hydrogen-bond donors (Lipinski definition) is 0. The maximum Gasteiger partial charge on any atom is 0.243 e. The number of aryl methyl sites for hydroxylation is 1. The van der Waals surface area contributed by atoms with Gasteiger partial charge in [-0.3, -0.25) is 0 Å². The zero-order valence-electron chi connectivity index (χ0n) is 17.2. The standard InChI is InChI=1S/C20H25N3O4S2/c1-6-23(12-19-21-20(22-27-19)17-8-7-9-28-17)29(24,25)18-11-15(13(2)3)16(26-5)10-14(18)4/h7-11,13H,6,12H2,1-5H3. The molecule has 0 unspecified atom stereocenters. The van der Waals surface area contributed by atoms with Gasteiger partial charge < -0.3 is 9.26 Å². The fourth-order valence-corrected chi connectivity index (χ4v) is 5.35. The largest absolute Gasteiger partial charge is 0.496 e. The fraction of sp³-hybridized carbons (Fsp3) is 0.400. The van der Waals surface area contributed by atoms with Crippen LogP contribution >= 0.6 is 11.3 Å². The predicted molar refractivity (Wildman–Crippen MR) is 113 cm³/mol. The molecule has 0 aliphatic rings. The zero-order valence-corrected chi connectivity index (χ0v) is 18.8. The second kappa shape index (κ2) is 8.64. The summed E-state index contributed by atoms with van der Waals surface area (Å²) in [5.74, 6) is 1.54. The molecule has 0 N–H and O–H groups in total. The van der Waals surface area contributed by atoms with Gasteiger partial charge in [0.25, 0.3) is 0 Å². The van der Waals surface area contributed by atoms with Crippen molar-refractivity contribution in [3.63, 3.8) is 0 Å². The second-order valence-corrected chi connectivity index (χ2v) is 9.79. The predicted octanol–water partition coefficient (Wildman–Crippen LogP) is 4.45. The van der Waals surface area contributed by atoms with Gasteiger partial charge in [-0.25, -0.2) is 8.42 Å². The molecule has 7 nitrogen and oxygen atoms in total. The van der Waals surface area contributed by atoms with Crippen molar-refractivity contribution in [1.29, 1.82) is 0 Å². The molecule has 9 heteroatoms. The van der Waals surface area contributed by atoms with Crippen LogP contribution in [0.3, 0.4) is 0 Å². The van der Waals surface area contributed by atoms with Gasteiger partial charge >= 0.3 is 0 Å². The first kappa shape index (κ1) is 21.5. The van der Waals surface area contributed by atoms with Crippen LogP contribution < -0.4 is 4.74 Å². The summed E-state index contributed by atoms with van der Waals surface area (Å²) in [6.07, 6.45) is 0. The Kier molecular flexibility index (Phi) is 6.40. The molecule has 0 fully saturated rings. The average molecular weight is 436 g/mol. The minimum absolute atomic E-state index is 0.0136. The van der Waals surface area contributed by atoms with Crippen LogP contribution in [0, 0.1) is 6.92 Å². The summed E-state index contributed by atoms with van der Waals surface area (Å²) in [5.41, 5.74) is 1.49. The highest BCUT2D eigenvalue weighted by atomic mass is 32.2.